The minimum atomic E-state index is -0.432. The van der Waals surface area contributed by atoms with Crippen LogP contribution in [0.4, 0.5) is 5.69 Å². The highest BCUT2D eigenvalue weighted by molar-refractivity contribution is 8.13. The molecule has 0 bridgehead atoms. The fourth-order valence-electron chi connectivity index (χ4n) is 1.72. The Kier molecular flexibility index (Phi) is 4.97. The van der Waals surface area contributed by atoms with Crippen molar-refractivity contribution in [2.45, 2.75) is 5.75 Å². The molecule has 0 saturated carbocycles. The molecule has 0 aromatic heterocycles. The van der Waals surface area contributed by atoms with E-state index in [9.17, 15) is 14.9 Å². The average molecular weight is 314 g/mol. The highest BCUT2D eigenvalue weighted by Gasteiger charge is 2.23. The van der Waals surface area contributed by atoms with Crippen LogP contribution < -0.4 is 0 Å². The summed E-state index contributed by atoms with van der Waals surface area (Å²) >= 11 is 6.97. The van der Waals surface area contributed by atoms with Crippen LogP contribution in [0, 0.1) is 10.1 Å². The summed E-state index contributed by atoms with van der Waals surface area (Å²) in [4.78, 5) is 27.5. The van der Waals surface area contributed by atoms with E-state index in [1.165, 1.54) is 23.9 Å². The molecule has 0 spiro atoms. The highest BCUT2D eigenvalue weighted by atomic mass is 35.5. The maximum atomic E-state index is 11.6. The zero-order chi connectivity index (χ0) is 14.5. The zero-order valence-corrected chi connectivity index (χ0v) is 12.1. The van der Waals surface area contributed by atoms with Gasteiger partial charge in [0.1, 0.15) is 5.88 Å². The van der Waals surface area contributed by atoms with Gasteiger partial charge >= 0.3 is 0 Å². The topological polar surface area (TPSA) is 75.8 Å². The Labute approximate surface area is 125 Å². The molecule has 1 aliphatic rings. The molecule has 20 heavy (non-hydrogen) atoms. The number of carbonyl (C=O) groups excluding carboxylic acids is 1. The summed E-state index contributed by atoms with van der Waals surface area (Å²) in [7, 11) is 0. The molecule has 8 heteroatoms. The van der Waals surface area contributed by atoms with E-state index >= 15 is 0 Å². The number of alkyl halides is 1. The third-order valence-electron chi connectivity index (χ3n) is 2.73. The van der Waals surface area contributed by atoms with E-state index in [-0.39, 0.29) is 17.5 Å². The van der Waals surface area contributed by atoms with Gasteiger partial charge in [0.05, 0.1) is 11.5 Å². The molecule has 0 unspecified atom stereocenters. The van der Waals surface area contributed by atoms with E-state index in [0.29, 0.717) is 24.0 Å². The van der Waals surface area contributed by atoms with Crippen molar-refractivity contribution in [3.8, 4) is 0 Å². The molecule has 0 saturated heterocycles. The lowest BCUT2D eigenvalue weighted by atomic mass is 10.2. The number of rotatable bonds is 4. The molecule has 0 fully saturated rings. The van der Waals surface area contributed by atoms with Crippen LogP contribution in [0.1, 0.15) is 5.56 Å². The van der Waals surface area contributed by atoms with Gasteiger partial charge < -0.3 is 0 Å². The molecule has 1 heterocycles. The molecule has 0 atom stereocenters. The zero-order valence-electron chi connectivity index (χ0n) is 10.5. The summed E-state index contributed by atoms with van der Waals surface area (Å²) in [6, 6.07) is 6.34. The Hall–Kier alpha value is -1.60. The number of aliphatic imine (C=N–C) groups is 1. The first kappa shape index (κ1) is 14.8. The number of hydrogen-bond acceptors (Lipinski definition) is 5. The second-order valence-electron chi connectivity index (χ2n) is 4.06. The molecule has 0 radical (unpaired) electrons. The maximum Gasteiger partial charge on any atom is 0.269 e. The number of carbonyl (C=O) groups is 1. The van der Waals surface area contributed by atoms with Crippen LogP contribution >= 0.6 is 23.4 Å². The Morgan fingerprint density at radius 2 is 2.15 bits per heavy atom. The molecular weight excluding hydrogens is 302 g/mol. The van der Waals surface area contributed by atoms with Crippen molar-refractivity contribution in [2.24, 2.45) is 4.99 Å². The lowest BCUT2D eigenvalue weighted by Crippen LogP contribution is -2.33. The van der Waals surface area contributed by atoms with Crippen LogP contribution in [0.15, 0.2) is 29.3 Å². The Balaban J connectivity index is 1.95. The first-order chi connectivity index (χ1) is 9.61. The van der Waals surface area contributed by atoms with E-state index in [2.05, 4.69) is 4.99 Å². The number of halogens is 1. The van der Waals surface area contributed by atoms with Crippen LogP contribution in [0.3, 0.4) is 0 Å². The second-order valence-corrected chi connectivity index (χ2v) is 5.27. The largest absolute Gasteiger partial charge is 0.289 e. The van der Waals surface area contributed by atoms with Gasteiger partial charge in [-0.3, -0.25) is 24.8 Å². The second kappa shape index (κ2) is 6.71. The first-order valence-electron chi connectivity index (χ1n) is 5.88. The van der Waals surface area contributed by atoms with E-state index < -0.39 is 4.92 Å². The van der Waals surface area contributed by atoms with Crippen molar-refractivity contribution in [2.75, 3.05) is 19.0 Å². The van der Waals surface area contributed by atoms with Crippen molar-refractivity contribution >= 4 is 40.1 Å². The first-order valence-corrected chi connectivity index (χ1v) is 7.40. The van der Waals surface area contributed by atoms with Crippen LogP contribution in [0.5, 0.6) is 0 Å². The van der Waals surface area contributed by atoms with Gasteiger partial charge in [-0.05, 0) is 5.56 Å². The van der Waals surface area contributed by atoms with E-state index in [4.69, 9.17) is 11.6 Å². The molecule has 0 N–H and O–H groups in total. The molecule has 6 nitrogen and oxygen atoms in total. The standard InChI is InChI=1S/C12H12ClN3O3S/c13-7-11(17)15-6-5-14-12(15)20-8-9-1-3-10(4-2-9)16(18)19/h1-4H,5-8H2. The number of amides is 1. The van der Waals surface area contributed by atoms with Gasteiger partial charge in [0, 0.05) is 24.4 Å². The highest BCUT2D eigenvalue weighted by Crippen LogP contribution is 2.21. The van der Waals surface area contributed by atoms with Crippen LogP contribution in [0.2, 0.25) is 0 Å². The summed E-state index contributed by atoms with van der Waals surface area (Å²) in [5, 5.41) is 11.2. The van der Waals surface area contributed by atoms with E-state index in [1.54, 1.807) is 17.0 Å². The Morgan fingerprint density at radius 1 is 1.45 bits per heavy atom. The predicted molar refractivity (Wildman–Crippen MR) is 79.1 cm³/mol. The minimum absolute atomic E-state index is 0.0584. The molecule has 0 aliphatic carbocycles. The SMILES string of the molecule is O=C(CCl)N1CCN=C1SCc1ccc([N+](=O)[O-])cc1. The normalized spacial score (nSPS) is 14.2. The number of hydrogen-bond donors (Lipinski definition) is 0. The van der Waals surface area contributed by atoms with Crippen molar-refractivity contribution in [1.29, 1.82) is 0 Å². The van der Waals surface area contributed by atoms with Gasteiger partial charge in [-0.15, -0.1) is 11.6 Å². The number of benzene rings is 1. The molecule has 1 aromatic carbocycles. The number of nitrogens with zero attached hydrogens (tertiary/aromatic N) is 3. The van der Waals surface area contributed by atoms with Gasteiger partial charge in [-0.2, -0.15) is 0 Å². The Bertz CT molecular complexity index is 547. The summed E-state index contributed by atoms with van der Waals surface area (Å²) < 4.78 is 0. The minimum Gasteiger partial charge on any atom is -0.289 e. The number of nitro benzene ring substituents is 1. The van der Waals surface area contributed by atoms with Gasteiger partial charge in [0.2, 0.25) is 5.91 Å². The summed E-state index contributed by atoms with van der Waals surface area (Å²) in [6.07, 6.45) is 0. The molecule has 106 valence electrons. The van der Waals surface area contributed by atoms with E-state index in [0.717, 1.165) is 5.56 Å². The van der Waals surface area contributed by atoms with Gasteiger partial charge in [0.25, 0.3) is 5.69 Å². The van der Waals surface area contributed by atoms with E-state index in [1.807, 2.05) is 0 Å². The molecular formula is C12H12ClN3O3S. The molecule has 1 aromatic rings. The van der Waals surface area contributed by atoms with Gasteiger partial charge in [-0.1, -0.05) is 23.9 Å². The van der Waals surface area contributed by atoms with Gasteiger partial charge in [-0.25, -0.2) is 0 Å². The number of nitro groups is 1. The van der Waals surface area contributed by atoms with Crippen LogP contribution in [-0.2, 0) is 10.5 Å². The smallest absolute Gasteiger partial charge is 0.269 e. The number of thioether (sulfide) groups is 1. The average Bonchev–Trinajstić information content (AvgIpc) is 2.93. The van der Waals surface area contributed by atoms with Crippen molar-refractivity contribution in [1.82, 2.24) is 4.90 Å². The van der Waals surface area contributed by atoms with Crippen LogP contribution in [0.25, 0.3) is 0 Å². The summed E-state index contributed by atoms with van der Waals surface area (Å²) in [5.41, 5.74) is 1.00. The van der Waals surface area contributed by atoms with Crippen molar-refractivity contribution < 1.29 is 9.72 Å². The third-order valence-corrected chi connectivity index (χ3v) is 4.05. The quantitative estimate of drug-likeness (QED) is 0.485. The van der Waals surface area contributed by atoms with Gasteiger partial charge in [0.15, 0.2) is 5.17 Å². The lowest BCUT2D eigenvalue weighted by molar-refractivity contribution is -0.384. The summed E-state index contributed by atoms with van der Waals surface area (Å²) in [6.45, 7) is 1.15. The predicted octanol–water partition coefficient (Wildman–Crippen LogP) is 2.27. The monoisotopic (exact) mass is 313 g/mol. The lowest BCUT2D eigenvalue weighted by Gasteiger charge is -2.16. The third kappa shape index (κ3) is 3.49. The molecule has 2 rings (SSSR count). The molecule has 1 aliphatic heterocycles. The fraction of sp³-hybridized carbons (Fsp3) is 0.333. The number of amidine groups is 1. The summed E-state index contributed by atoms with van der Waals surface area (Å²) in [5.74, 6) is 0.388. The Morgan fingerprint density at radius 3 is 2.75 bits per heavy atom. The van der Waals surface area contributed by atoms with Crippen molar-refractivity contribution in [3.63, 3.8) is 0 Å². The molecule has 1 amide bonds. The maximum absolute atomic E-state index is 11.6. The van der Waals surface area contributed by atoms with Crippen molar-refractivity contribution in [3.05, 3.63) is 39.9 Å². The fourth-order valence-corrected chi connectivity index (χ4v) is 2.88. The number of non-ortho nitro benzene ring substituents is 1. The van der Waals surface area contributed by atoms with Crippen LogP contribution in [-0.4, -0.2) is 39.9 Å².